The molecule has 2 saturated heterocycles. The predicted molar refractivity (Wildman–Crippen MR) is 93.6 cm³/mol. The van der Waals surface area contributed by atoms with E-state index in [1.54, 1.807) is 0 Å². The van der Waals surface area contributed by atoms with E-state index < -0.39 is 0 Å². The summed E-state index contributed by atoms with van der Waals surface area (Å²) in [7, 11) is 0. The van der Waals surface area contributed by atoms with Crippen LogP contribution < -0.4 is 20.5 Å². The summed E-state index contributed by atoms with van der Waals surface area (Å²) in [6, 6.07) is 6.45. The molecule has 3 rings (SSSR count). The van der Waals surface area contributed by atoms with Crippen molar-refractivity contribution in [3.8, 4) is 0 Å². The molecule has 130 valence electrons. The highest BCUT2D eigenvalue weighted by Gasteiger charge is 2.42. The Morgan fingerprint density at radius 1 is 1.25 bits per heavy atom. The molecule has 7 heteroatoms. The molecule has 6 nitrogen and oxygen atoms in total. The smallest absolute Gasteiger partial charge is 0.315 e. The predicted octanol–water partition coefficient (Wildman–Crippen LogP) is 0.816. The maximum atomic E-state index is 11.9. The second-order valence-corrected chi connectivity index (χ2v) is 7.60. The Hall–Kier alpha value is -1.76. The minimum absolute atomic E-state index is 0.0361. The zero-order chi connectivity index (χ0) is 16.8. The van der Waals surface area contributed by atoms with Gasteiger partial charge in [-0.05, 0) is 12.8 Å². The number of amides is 3. The Morgan fingerprint density at radius 3 is 2.92 bits per heavy atom. The molecule has 1 aromatic heterocycles. The number of rotatable bonds is 8. The standard InChI is InChI=1S/C17H24N4O2S/c22-15(18-8-11-21-9-4-1-5-10-21)7-3-2-6-14-16-13(12-24-14)19-17(23)20-16/h1,4-5,9-10,13-14,16H,2-3,6-8,11-12H2,(H2-,18,19,20,22,23)/p+1. The van der Waals surface area contributed by atoms with E-state index in [-0.39, 0.29) is 24.0 Å². The number of unbranched alkanes of at least 4 members (excludes halogenated alkanes) is 1. The van der Waals surface area contributed by atoms with Gasteiger partial charge in [0.2, 0.25) is 5.91 Å². The molecule has 3 atom stereocenters. The van der Waals surface area contributed by atoms with Crippen LogP contribution in [0, 0.1) is 0 Å². The lowest BCUT2D eigenvalue weighted by atomic mass is 10.0. The van der Waals surface area contributed by atoms with Crippen molar-refractivity contribution < 1.29 is 14.2 Å². The summed E-state index contributed by atoms with van der Waals surface area (Å²) in [6.45, 7) is 1.45. The number of urea groups is 1. The molecule has 1 aromatic rings. The summed E-state index contributed by atoms with van der Waals surface area (Å²) in [5.41, 5.74) is 0. The van der Waals surface area contributed by atoms with Gasteiger partial charge in [0.15, 0.2) is 18.9 Å². The third-order valence-corrected chi connectivity index (χ3v) is 6.06. The van der Waals surface area contributed by atoms with E-state index in [0.29, 0.717) is 18.2 Å². The van der Waals surface area contributed by atoms with Crippen molar-refractivity contribution in [1.29, 1.82) is 0 Å². The number of aromatic nitrogens is 1. The molecule has 0 bridgehead atoms. The highest BCUT2D eigenvalue weighted by molar-refractivity contribution is 8.00. The fraction of sp³-hybridized carbons (Fsp3) is 0.588. The van der Waals surface area contributed by atoms with E-state index in [0.717, 1.165) is 31.6 Å². The summed E-state index contributed by atoms with van der Waals surface area (Å²) < 4.78 is 2.05. The van der Waals surface area contributed by atoms with Gasteiger partial charge in [0.1, 0.15) is 0 Å². The van der Waals surface area contributed by atoms with Gasteiger partial charge in [0, 0.05) is 29.6 Å². The second kappa shape index (κ2) is 8.37. The number of thioether (sulfide) groups is 1. The average molecular weight is 349 g/mol. The van der Waals surface area contributed by atoms with Crippen LogP contribution in [-0.2, 0) is 11.3 Å². The highest BCUT2D eigenvalue weighted by atomic mass is 32.2. The van der Waals surface area contributed by atoms with E-state index in [4.69, 9.17) is 0 Å². The molecule has 3 amide bonds. The quantitative estimate of drug-likeness (QED) is 0.369. The van der Waals surface area contributed by atoms with Gasteiger partial charge in [-0.1, -0.05) is 12.5 Å². The molecule has 3 N–H and O–H groups in total. The SMILES string of the molecule is O=C(CCCCC1SCC2NC(=O)NC21)NCC[n+]1ccccc1. The van der Waals surface area contributed by atoms with E-state index >= 15 is 0 Å². The lowest BCUT2D eigenvalue weighted by Crippen LogP contribution is -2.39. The van der Waals surface area contributed by atoms with Gasteiger partial charge in [-0.15, -0.1) is 0 Å². The van der Waals surface area contributed by atoms with Gasteiger partial charge < -0.3 is 16.0 Å². The van der Waals surface area contributed by atoms with Crippen molar-refractivity contribution >= 4 is 23.7 Å². The molecule has 24 heavy (non-hydrogen) atoms. The molecule has 0 aromatic carbocycles. The first-order chi connectivity index (χ1) is 11.7. The number of nitrogens with one attached hydrogen (secondary N) is 3. The van der Waals surface area contributed by atoms with Crippen LogP contribution >= 0.6 is 11.8 Å². The molecule has 3 unspecified atom stereocenters. The number of nitrogens with zero attached hydrogens (tertiary/aromatic N) is 1. The van der Waals surface area contributed by atoms with Crippen molar-refractivity contribution in [2.45, 2.75) is 49.6 Å². The van der Waals surface area contributed by atoms with Crippen LogP contribution in [0.4, 0.5) is 4.79 Å². The van der Waals surface area contributed by atoms with Gasteiger partial charge in [-0.2, -0.15) is 11.8 Å². The van der Waals surface area contributed by atoms with Crippen molar-refractivity contribution in [2.75, 3.05) is 12.3 Å². The molecule has 2 fully saturated rings. The van der Waals surface area contributed by atoms with Gasteiger partial charge in [-0.3, -0.25) is 4.79 Å². The van der Waals surface area contributed by atoms with E-state index in [9.17, 15) is 9.59 Å². The summed E-state index contributed by atoms with van der Waals surface area (Å²) in [5.74, 6) is 1.12. The maximum absolute atomic E-state index is 11.9. The van der Waals surface area contributed by atoms with Gasteiger partial charge in [-0.25, -0.2) is 9.36 Å². The van der Waals surface area contributed by atoms with Gasteiger partial charge >= 0.3 is 6.03 Å². The number of hydrogen-bond acceptors (Lipinski definition) is 3. The van der Waals surface area contributed by atoms with E-state index in [1.807, 2.05) is 42.4 Å². The molecular weight excluding hydrogens is 324 g/mol. The maximum Gasteiger partial charge on any atom is 0.315 e. The lowest BCUT2D eigenvalue weighted by Gasteiger charge is -2.16. The van der Waals surface area contributed by atoms with Gasteiger partial charge in [0.25, 0.3) is 0 Å². The number of pyridine rings is 1. The Kier molecular flexibility index (Phi) is 5.96. The summed E-state index contributed by atoms with van der Waals surface area (Å²) in [6.07, 6.45) is 7.55. The number of fused-ring (bicyclic) bond motifs is 1. The molecule has 0 saturated carbocycles. The van der Waals surface area contributed by atoms with E-state index in [2.05, 4.69) is 20.5 Å². The first-order valence-electron chi connectivity index (χ1n) is 8.62. The molecule has 0 spiro atoms. The topological polar surface area (TPSA) is 74.1 Å². The molecule has 3 heterocycles. The van der Waals surface area contributed by atoms with Crippen molar-refractivity contribution in [1.82, 2.24) is 16.0 Å². The van der Waals surface area contributed by atoms with Crippen LogP contribution in [0.2, 0.25) is 0 Å². The molecule has 0 aliphatic carbocycles. The third kappa shape index (κ3) is 4.63. The van der Waals surface area contributed by atoms with E-state index in [1.165, 1.54) is 0 Å². The van der Waals surface area contributed by atoms with Crippen LogP contribution in [0.1, 0.15) is 25.7 Å². The van der Waals surface area contributed by atoms with Crippen LogP contribution in [0.25, 0.3) is 0 Å². The monoisotopic (exact) mass is 349 g/mol. The molecule has 0 radical (unpaired) electrons. The van der Waals surface area contributed by atoms with Gasteiger partial charge in [0.05, 0.1) is 18.6 Å². The molecular formula is C17H25N4O2S+. The highest BCUT2D eigenvalue weighted by Crippen LogP contribution is 2.33. The Balaban J connectivity index is 1.25. The molecule has 2 aliphatic heterocycles. The first kappa shape index (κ1) is 17.1. The van der Waals surface area contributed by atoms with Crippen molar-refractivity contribution in [2.24, 2.45) is 0 Å². The number of carbonyl (C=O) groups excluding carboxylic acids is 2. The summed E-state index contributed by atoms with van der Waals surface area (Å²) in [5, 5.41) is 9.41. The Bertz CT molecular complexity index is 569. The number of carbonyl (C=O) groups is 2. The number of hydrogen-bond donors (Lipinski definition) is 3. The lowest BCUT2D eigenvalue weighted by molar-refractivity contribution is -0.694. The van der Waals surface area contributed by atoms with Crippen molar-refractivity contribution in [3.63, 3.8) is 0 Å². The zero-order valence-corrected chi connectivity index (χ0v) is 14.6. The first-order valence-corrected chi connectivity index (χ1v) is 9.66. The Morgan fingerprint density at radius 2 is 2.08 bits per heavy atom. The average Bonchev–Trinajstić information content (AvgIpc) is 3.12. The van der Waals surface area contributed by atoms with Crippen LogP contribution in [0.5, 0.6) is 0 Å². The minimum atomic E-state index is -0.0361. The van der Waals surface area contributed by atoms with Crippen LogP contribution in [0.3, 0.4) is 0 Å². The minimum Gasteiger partial charge on any atom is -0.350 e. The molecule has 2 aliphatic rings. The fourth-order valence-corrected chi connectivity index (χ4v) is 4.81. The van der Waals surface area contributed by atoms with Crippen LogP contribution in [-0.4, -0.2) is 41.6 Å². The fourth-order valence-electron chi connectivity index (χ4n) is 3.27. The Labute approximate surface area is 146 Å². The second-order valence-electron chi connectivity index (χ2n) is 6.33. The third-order valence-electron chi connectivity index (χ3n) is 4.55. The largest absolute Gasteiger partial charge is 0.350 e. The van der Waals surface area contributed by atoms with Crippen LogP contribution in [0.15, 0.2) is 30.6 Å². The normalized spacial score (nSPS) is 25.0. The summed E-state index contributed by atoms with van der Waals surface area (Å²) >= 11 is 1.93. The zero-order valence-electron chi connectivity index (χ0n) is 13.7. The summed E-state index contributed by atoms with van der Waals surface area (Å²) in [4.78, 5) is 23.2. The van der Waals surface area contributed by atoms with Crippen molar-refractivity contribution in [3.05, 3.63) is 30.6 Å².